The number of hydrogen-bond donors (Lipinski definition) is 3. The van der Waals surface area contributed by atoms with Crippen molar-refractivity contribution in [2.45, 2.75) is 38.6 Å². The highest BCUT2D eigenvalue weighted by Gasteiger charge is 2.10. The molecule has 6 nitrogen and oxygen atoms in total. The number of unbranched alkanes of at least 4 members (excludes halogenated alkanes) is 1. The summed E-state index contributed by atoms with van der Waals surface area (Å²) in [5.41, 5.74) is 11.2. The van der Waals surface area contributed by atoms with E-state index in [1.165, 1.54) is 0 Å². The Morgan fingerprint density at radius 1 is 1.26 bits per heavy atom. The van der Waals surface area contributed by atoms with Gasteiger partial charge in [0.1, 0.15) is 5.75 Å². The Morgan fingerprint density at radius 3 is 2.43 bits per heavy atom. The molecule has 0 aliphatic carbocycles. The van der Waals surface area contributed by atoms with E-state index in [1.807, 2.05) is 0 Å². The van der Waals surface area contributed by atoms with Gasteiger partial charge in [0.25, 0.3) is 0 Å². The van der Waals surface area contributed by atoms with Gasteiger partial charge in [-0.1, -0.05) is 19.8 Å². The topological polar surface area (TPSA) is 107 Å². The van der Waals surface area contributed by atoms with Crippen LogP contribution in [-0.2, 0) is 4.79 Å². The van der Waals surface area contributed by atoms with Gasteiger partial charge in [-0.05, 0) is 30.7 Å². The average molecular weight is 344 g/mol. The minimum absolute atomic E-state index is 0. The molecule has 0 radical (unpaired) electrons. The van der Waals surface area contributed by atoms with Crippen molar-refractivity contribution in [3.63, 3.8) is 0 Å². The Bertz CT molecular complexity index is 480. The number of carbonyl (C=O) groups excluding carboxylic acids is 2. The Kier molecular flexibility index (Phi) is 10.8. The molecule has 0 aliphatic rings. The van der Waals surface area contributed by atoms with Crippen molar-refractivity contribution < 1.29 is 14.3 Å². The van der Waals surface area contributed by atoms with Gasteiger partial charge < -0.3 is 21.5 Å². The van der Waals surface area contributed by atoms with E-state index < -0.39 is 5.91 Å². The first kappa shape index (κ1) is 21.2. The van der Waals surface area contributed by atoms with E-state index in [0.29, 0.717) is 17.9 Å². The summed E-state index contributed by atoms with van der Waals surface area (Å²) >= 11 is 0. The first-order valence-electron chi connectivity index (χ1n) is 7.59. The van der Waals surface area contributed by atoms with E-state index in [4.69, 9.17) is 16.2 Å². The van der Waals surface area contributed by atoms with Crippen LogP contribution in [0.25, 0.3) is 0 Å². The summed E-state index contributed by atoms with van der Waals surface area (Å²) in [7, 11) is 0. The predicted molar refractivity (Wildman–Crippen MR) is 92.8 cm³/mol. The van der Waals surface area contributed by atoms with E-state index in [-0.39, 0.29) is 37.4 Å². The van der Waals surface area contributed by atoms with Gasteiger partial charge in [0.15, 0.2) is 0 Å². The molecule has 1 rings (SSSR count). The molecule has 23 heavy (non-hydrogen) atoms. The summed E-state index contributed by atoms with van der Waals surface area (Å²) in [5.74, 6) is 0.0466. The SMILES string of the molecule is CCCCC(CN)NC(=O)CCOc1ccc(C(N)=O)cc1.Cl. The quantitative estimate of drug-likeness (QED) is 0.599. The molecule has 0 heterocycles. The predicted octanol–water partition coefficient (Wildman–Crippen LogP) is 1.61. The van der Waals surface area contributed by atoms with Crippen LogP contribution in [0, 0.1) is 0 Å². The second-order valence-corrected chi connectivity index (χ2v) is 5.13. The van der Waals surface area contributed by atoms with Crippen LogP contribution >= 0.6 is 12.4 Å². The third-order valence-electron chi connectivity index (χ3n) is 3.29. The van der Waals surface area contributed by atoms with Crippen molar-refractivity contribution in [1.82, 2.24) is 5.32 Å². The van der Waals surface area contributed by atoms with Crippen LogP contribution in [0.3, 0.4) is 0 Å². The number of benzene rings is 1. The number of rotatable bonds is 10. The maximum absolute atomic E-state index is 11.8. The van der Waals surface area contributed by atoms with Crippen LogP contribution in [0.2, 0.25) is 0 Å². The van der Waals surface area contributed by atoms with E-state index >= 15 is 0 Å². The molecule has 0 saturated heterocycles. The van der Waals surface area contributed by atoms with Crippen LogP contribution in [0.4, 0.5) is 0 Å². The third-order valence-corrected chi connectivity index (χ3v) is 3.29. The van der Waals surface area contributed by atoms with Gasteiger partial charge in [0.05, 0.1) is 13.0 Å². The highest BCUT2D eigenvalue weighted by molar-refractivity contribution is 5.92. The molecule has 1 aromatic rings. The molecule has 0 spiro atoms. The van der Waals surface area contributed by atoms with Crippen LogP contribution < -0.4 is 21.5 Å². The molecule has 1 aromatic carbocycles. The molecule has 0 saturated carbocycles. The second-order valence-electron chi connectivity index (χ2n) is 5.13. The summed E-state index contributed by atoms with van der Waals surface area (Å²) in [5, 5.41) is 2.91. The average Bonchev–Trinajstić information content (AvgIpc) is 2.51. The zero-order valence-electron chi connectivity index (χ0n) is 13.4. The summed E-state index contributed by atoms with van der Waals surface area (Å²) in [6, 6.07) is 6.52. The minimum atomic E-state index is -0.481. The fourth-order valence-electron chi connectivity index (χ4n) is 1.98. The van der Waals surface area contributed by atoms with Crippen LogP contribution in [-0.4, -0.2) is 31.0 Å². The van der Waals surface area contributed by atoms with Gasteiger partial charge in [-0.25, -0.2) is 0 Å². The summed E-state index contributed by atoms with van der Waals surface area (Å²) in [4.78, 5) is 22.7. The summed E-state index contributed by atoms with van der Waals surface area (Å²) < 4.78 is 5.46. The van der Waals surface area contributed by atoms with E-state index in [1.54, 1.807) is 24.3 Å². The number of ether oxygens (including phenoxy) is 1. The van der Waals surface area contributed by atoms with Crippen molar-refractivity contribution in [2.24, 2.45) is 11.5 Å². The summed E-state index contributed by atoms with van der Waals surface area (Å²) in [6.07, 6.45) is 3.29. The van der Waals surface area contributed by atoms with E-state index in [2.05, 4.69) is 12.2 Å². The Labute approximate surface area is 143 Å². The monoisotopic (exact) mass is 343 g/mol. The van der Waals surface area contributed by atoms with Gasteiger partial charge in [-0.15, -0.1) is 12.4 Å². The van der Waals surface area contributed by atoms with E-state index in [9.17, 15) is 9.59 Å². The number of nitrogens with one attached hydrogen (secondary N) is 1. The highest BCUT2D eigenvalue weighted by Crippen LogP contribution is 2.12. The first-order valence-corrected chi connectivity index (χ1v) is 7.59. The van der Waals surface area contributed by atoms with Gasteiger partial charge in [-0.2, -0.15) is 0 Å². The second kappa shape index (κ2) is 11.7. The highest BCUT2D eigenvalue weighted by atomic mass is 35.5. The maximum Gasteiger partial charge on any atom is 0.248 e. The lowest BCUT2D eigenvalue weighted by Gasteiger charge is -2.16. The smallest absolute Gasteiger partial charge is 0.248 e. The standard InChI is InChI=1S/C16H25N3O3.ClH/c1-2-3-4-13(11-17)19-15(20)9-10-22-14-7-5-12(6-8-14)16(18)21;/h5-8,13H,2-4,9-11,17H2,1H3,(H2,18,21)(H,19,20);1H. The number of primary amides is 1. The lowest BCUT2D eigenvalue weighted by Crippen LogP contribution is -2.40. The van der Waals surface area contributed by atoms with Crippen LogP contribution in [0.5, 0.6) is 5.75 Å². The molecular weight excluding hydrogens is 318 g/mol. The Balaban J connectivity index is 0.00000484. The van der Waals surface area contributed by atoms with E-state index in [0.717, 1.165) is 19.3 Å². The Hall–Kier alpha value is -1.79. The number of nitrogens with two attached hydrogens (primary N) is 2. The molecule has 5 N–H and O–H groups in total. The lowest BCUT2D eigenvalue weighted by atomic mass is 10.1. The molecule has 7 heteroatoms. The van der Waals surface area contributed by atoms with Gasteiger partial charge in [-0.3, -0.25) is 9.59 Å². The molecule has 2 amide bonds. The van der Waals surface area contributed by atoms with Crippen molar-refractivity contribution in [2.75, 3.05) is 13.2 Å². The fraction of sp³-hybridized carbons (Fsp3) is 0.500. The van der Waals surface area contributed by atoms with Crippen LogP contribution in [0.1, 0.15) is 43.0 Å². The number of hydrogen-bond acceptors (Lipinski definition) is 4. The van der Waals surface area contributed by atoms with Crippen molar-refractivity contribution >= 4 is 24.2 Å². The van der Waals surface area contributed by atoms with Crippen molar-refractivity contribution in [3.05, 3.63) is 29.8 Å². The number of carbonyl (C=O) groups is 2. The molecule has 0 bridgehead atoms. The first-order chi connectivity index (χ1) is 10.6. The Morgan fingerprint density at radius 2 is 1.91 bits per heavy atom. The molecule has 0 aliphatic heterocycles. The zero-order valence-corrected chi connectivity index (χ0v) is 14.2. The lowest BCUT2D eigenvalue weighted by molar-refractivity contribution is -0.122. The molecular formula is C16H26ClN3O3. The number of amides is 2. The molecule has 130 valence electrons. The number of halogens is 1. The van der Waals surface area contributed by atoms with Crippen molar-refractivity contribution in [1.29, 1.82) is 0 Å². The zero-order chi connectivity index (χ0) is 16.4. The molecule has 1 unspecified atom stereocenters. The molecule has 0 fully saturated rings. The molecule has 0 aromatic heterocycles. The molecule has 1 atom stereocenters. The fourth-order valence-corrected chi connectivity index (χ4v) is 1.98. The largest absolute Gasteiger partial charge is 0.493 e. The van der Waals surface area contributed by atoms with Crippen molar-refractivity contribution in [3.8, 4) is 5.75 Å². The van der Waals surface area contributed by atoms with Gasteiger partial charge >= 0.3 is 0 Å². The van der Waals surface area contributed by atoms with Crippen LogP contribution in [0.15, 0.2) is 24.3 Å². The third kappa shape index (κ3) is 8.42. The maximum atomic E-state index is 11.8. The van der Waals surface area contributed by atoms with Gasteiger partial charge in [0, 0.05) is 18.2 Å². The van der Waals surface area contributed by atoms with Gasteiger partial charge in [0.2, 0.25) is 11.8 Å². The minimum Gasteiger partial charge on any atom is -0.493 e. The summed E-state index contributed by atoms with van der Waals surface area (Å²) in [6.45, 7) is 2.82. The normalized spacial score (nSPS) is 11.2.